The number of thioether (sulfide) groups is 1. The van der Waals surface area contributed by atoms with Gasteiger partial charge in [-0.15, -0.1) is 11.8 Å². The van der Waals surface area contributed by atoms with Crippen LogP contribution in [0.1, 0.15) is 16.7 Å². The molecule has 0 N–H and O–H groups in total. The van der Waals surface area contributed by atoms with E-state index in [4.69, 9.17) is 23.7 Å². The van der Waals surface area contributed by atoms with E-state index in [2.05, 4.69) is 48.5 Å². The Morgan fingerprint density at radius 2 is 1.07 bits per heavy atom. The van der Waals surface area contributed by atoms with Gasteiger partial charge in [-0.05, 0) is 28.8 Å². The molecule has 5 atom stereocenters. The van der Waals surface area contributed by atoms with Crippen LogP contribution in [0.2, 0.25) is 0 Å². The van der Waals surface area contributed by atoms with E-state index in [0.29, 0.717) is 26.4 Å². The minimum Gasteiger partial charge on any atom is -0.374 e. The quantitative estimate of drug-likeness (QED) is 0.178. The van der Waals surface area contributed by atoms with Crippen LogP contribution in [0.3, 0.4) is 0 Å². The van der Waals surface area contributed by atoms with Gasteiger partial charge in [0, 0.05) is 12.0 Å². The van der Waals surface area contributed by atoms with Gasteiger partial charge in [-0.3, -0.25) is 0 Å². The maximum Gasteiger partial charge on any atom is 0.172 e. The van der Waals surface area contributed by atoms with Crippen LogP contribution in [-0.4, -0.2) is 43.6 Å². The number of hydrogen-bond acceptors (Lipinski definition) is 6. The van der Waals surface area contributed by atoms with E-state index in [1.165, 1.54) is 0 Å². The van der Waals surface area contributed by atoms with Gasteiger partial charge in [0.15, 0.2) is 6.29 Å². The third-order valence-electron chi connectivity index (χ3n) is 6.80. The van der Waals surface area contributed by atoms with E-state index in [1.807, 2.05) is 72.8 Å². The highest BCUT2D eigenvalue weighted by Crippen LogP contribution is 2.38. The monoisotopic (exact) mass is 556 g/mol. The van der Waals surface area contributed by atoms with Gasteiger partial charge < -0.3 is 23.7 Å². The molecule has 0 aromatic heterocycles. The smallest absolute Gasteiger partial charge is 0.172 e. The van der Waals surface area contributed by atoms with E-state index < -0.39 is 6.29 Å². The molecule has 0 spiro atoms. The SMILES string of the molecule is CO[C@H]1O[C@H](COCc2ccccc2)[C@@H](OCc2ccccc2)[C@H](OCc2ccccc2)[C@@H]1Sc1ccccc1. The molecule has 1 saturated heterocycles. The molecule has 4 aromatic rings. The normalized spacial score (nSPS) is 22.7. The van der Waals surface area contributed by atoms with Crippen molar-refractivity contribution in [1.29, 1.82) is 0 Å². The van der Waals surface area contributed by atoms with E-state index in [0.717, 1.165) is 21.6 Å². The Bertz CT molecular complexity index is 1240. The van der Waals surface area contributed by atoms with Gasteiger partial charge in [0.1, 0.15) is 18.3 Å². The highest BCUT2D eigenvalue weighted by molar-refractivity contribution is 8.00. The molecule has 4 aromatic carbocycles. The molecule has 1 aliphatic heterocycles. The van der Waals surface area contributed by atoms with Crippen molar-refractivity contribution in [2.75, 3.05) is 13.7 Å². The third-order valence-corrected chi connectivity index (χ3v) is 8.11. The molecule has 0 aliphatic carbocycles. The van der Waals surface area contributed by atoms with Crippen LogP contribution in [-0.2, 0) is 43.5 Å². The van der Waals surface area contributed by atoms with Gasteiger partial charge in [-0.2, -0.15) is 0 Å². The summed E-state index contributed by atoms with van der Waals surface area (Å²) in [6, 6.07) is 40.9. The highest BCUT2D eigenvalue weighted by atomic mass is 32.2. The highest BCUT2D eigenvalue weighted by Gasteiger charge is 2.48. The minimum atomic E-state index is -0.507. The Morgan fingerprint density at radius 3 is 1.60 bits per heavy atom. The fourth-order valence-corrected chi connectivity index (χ4v) is 6.06. The number of rotatable bonds is 13. The summed E-state index contributed by atoms with van der Waals surface area (Å²) in [7, 11) is 1.69. The zero-order chi connectivity index (χ0) is 27.4. The van der Waals surface area contributed by atoms with Crippen LogP contribution in [0.4, 0.5) is 0 Å². The lowest BCUT2D eigenvalue weighted by Crippen LogP contribution is -2.59. The summed E-state index contributed by atoms with van der Waals surface area (Å²) in [5.74, 6) is 0. The van der Waals surface area contributed by atoms with Gasteiger partial charge in [-0.1, -0.05) is 109 Å². The molecule has 0 saturated carbocycles. The van der Waals surface area contributed by atoms with Crippen molar-refractivity contribution in [2.45, 2.75) is 54.6 Å². The van der Waals surface area contributed by atoms with Gasteiger partial charge in [0.05, 0.1) is 31.7 Å². The fraction of sp³-hybridized carbons (Fsp3) is 0.294. The molecule has 5 nitrogen and oxygen atoms in total. The van der Waals surface area contributed by atoms with Gasteiger partial charge in [0.25, 0.3) is 0 Å². The van der Waals surface area contributed by atoms with Crippen molar-refractivity contribution in [3.05, 3.63) is 138 Å². The summed E-state index contributed by atoms with van der Waals surface area (Å²) < 4.78 is 32.0. The molecule has 0 bridgehead atoms. The first-order valence-corrected chi connectivity index (χ1v) is 14.5. The molecule has 208 valence electrons. The summed E-state index contributed by atoms with van der Waals surface area (Å²) in [4.78, 5) is 1.12. The molecule has 0 unspecified atom stereocenters. The van der Waals surface area contributed by atoms with Gasteiger partial charge in [0.2, 0.25) is 0 Å². The van der Waals surface area contributed by atoms with Crippen molar-refractivity contribution < 1.29 is 23.7 Å². The number of methoxy groups -OCH3 is 1. The van der Waals surface area contributed by atoms with E-state index in [9.17, 15) is 0 Å². The van der Waals surface area contributed by atoms with Crippen molar-refractivity contribution in [3.8, 4) is 0 Å². The van der Waals surface area contributed by atoms with Crippen molar-refractivity contribution in [2.24, 2.45) is 0 Å². The molecule has 1 fully saturated rings. The summed E-state index contributed by atoms with van der Waals surface area (Å²) in [6.07, 6.45) is -1.59. The van der Waals surface area contributed by atoms with Crippen LogP contribution in [0, 0.1) is 0 Å². The maximum atomic E-state index is 6.72. The first-order chi connectivity index (χ1) is 19.8. The molecule has 1 aliphatic rings. The Kier molecular flexibility index (Phi) is 10.8. The molecule has 40 heavy (non-hydrogen) atoms. The lowest BCUT2D eigenvalue weighted by molar-refractivity contribution is -0.268. The van der Waals surface area contributed by atoms with Crippen molar-refractivity contribution in [1.82, 2.24) is 0 Å². The summed E-state index contributed by atoms with van der Waals surface area (Å²) in [6.45, 7) is 1.73. The van der Waals surface area contributed by atoms with Crippen molar-refractivity contribution >= 4 is 11.8 Å². The predicted octanol–water partition coefficient (Wildman–Crippen LogP) is 6.91. The van der Waals surface area contributed by atoms with Crippen LogP contribution in [0.5, 0.6) is 0 Å². The molecule has 6 heteroatoms. The third kappa shape index (κ3) is 8.04. The second-order valence-corrected chi connectivity index (χ2v) is 10.9. The first kappa shape index (κ1) is 28.6. The standard InChI is InChI=1S/C34H36O5S/c1-35-34-33(40-29-20-12-5-13-21-29)32(38-24-28-18-10-4-11-19-28)31(37-23-27-16-8-3-9-17-27)30(39-34)25-36-22-26-14-6-2-7-15-26/h2-21,30-34H,22-25H2,1H3/t30-,31-,32+,33+,34+/m1/s1. The molecular formula is C34H36O5S. The molecule has 5 rings (SSSR count). The molecule has 0 amide bonds. The molecule has 0 radical (unpaired) electrons. The fourth-order valence-electron chi connectivity index (χ4n) is 4.78. The Labute approximate surface area is 241 Å². The Morgan fingerprint density at radius 1 is 0.600 bits per heavy atom. The first-order valence-electron chi connectivity index (χ1n) is 13.6. The van der Waals surface area contributed by atoms with E-state index in [1.54, 1.807) is 18.9 Å². The molecular weight excluding hydrogens is 520 g/mol. The number of hydrogen-bond donors (Lipinski definition) is 0. The average molecular weight is 557 g/mol. The van der Waals surface area contributed by atoms with E-state index in [-0.39, 0.29) is 23.6 Å². The summed E-state index contributed by atoms with van der Waals surface area (Å²) in [5, 5.41) is -0.165. The van der Waals surface area contributed by atoms with Crippen LogP contribution >= 0.6 is 11.8 Å². The topological polar surface area (TPSA) is 46.2 Å². The zero-order valence-corrected chi connectivity index (χ0v) is 23.5. The lowest BCUT2D eigenvalue weighted by Gasteiger charge is -2.45. The maximum absolute atomic E-state index is 6.72. The number of benzene rings is 4. The summed E-state index contributed by atoms with van der Waals surface area (Å²) in [5.41, 5.74) is 3.30. The van der Waals surface area contributed by atoms with Crippen LogP contribution < -0.4 is 0 Å². The second-order valence-electron chi connectivity index (χ2n) is 9.70. The van der Waals surface area contributed by atoms with E-state index >= 15 is 0 Å². The predicted molar refractivity (Wildman–Crippen MR) is 158 cm³/mol. The largest absolute Gasteiger partial charge is 0.374 e. The zero-order valence-electron chi connectivity index (χ0n) is 22.7. The lowest BCUT2D eigenvalue weighted by atomic mass is 10.00. The summed E-state index contributed by atoms with van der Waals surface area (Å²) >= 11 is 1.69. The van der Waals surface area contributed by atoms with Crippen molar-refractivity contribution in [3.63, 3.8) is 0 Å². The minimum absolute atomic E-state index is 0.165. The second kappa shape index (κ2) is 15.1. The Hall–Kier alpha value is -2.97. The Balaban J connectivity index is 1.40. The van der Waals surface area contributed by atoms with Gasteiger partial charge in [-0.25, -0.2) is 0 Å². The van der Waals surface area contributed by atoms with Gasteiger partial charge >= 0.3 is 0 Å². The average Bonchev–Trinajstić information content (AvgIpc) is 3.02. The van der Waals surface area contributed by atoms with Crippen LogP contribution in [0.25, 0.3) is 0 Å². The van der Waals surface area contributed by atoms with Crippen LogP contribution in [0.15, 0.2) is 126 Å². The molecule has 1 heterocycles. The number of ether oxygens (including phenoxy) is 5.